The molecule has 2 aliphatic heterocycles. The predicted molar refractivity (Wildman–Crippen MR) is 147 cm³/mol. The van der Waals surface area contributed by atoms with Crippen LogP contribution in [0.15, 0.2) is 42.6 Å². The molecule has 2 atom stereocenters. The number of ether oxygens (including phenoxy) is 1. The van der Waals surface area contributed by atoms with Gasteiger partial charge in [0, 0.05) is 35.3 Å². The minimum Gasteiger partial charge on any atom is -0.444 e. The number of pyridine rings is 1. The van der Waals surface area contributed by atoms with Crippen molar-refractivity contribution in [2.75, 3.05) is 18.0 Å². The molecule has 0 saturated carbocycles. The van der Waals surface area contributed by atoms with E-state index in [4.69, 9.17) is 27.9 Å². The lowest BCUT2D eigenvalue weighted by molar-refractivity contribution is 0.0123. The van der Waals surface area contributed by atoms with Gasteiger partial charge < -0.3 is 9.64 Å². The van der Waals surface area contributed by atoms with E-state index in [0.717, 1.165) is 23.6 Å². The van der Waals surface area contributed by atoms with Crippen molar-refractivity contribution in [2.45, 2.75) is 51.3 Å². The lowest BCUT2D eigenvalue weighted by Crippen LogP contribution is -2.57. The second-order valence-electron chi connectivity index (χ2n) is 10.8. The Kier molecular flexibility index (Phi) is 6.07. The van der Waals surface area contributed by atoms with Crippen LogP contribution in [0.4, 0.5) is 15.0 Å². The lowest BCUT2D eigenvalue weighted by atomic mass is 10.0. The van der Waals surface area contributed by atoms with Gasteiger partial charge in [-0.1, -0.05) is 41.9 Å². The summed E-state index contributed by atoms with van der Waals surface area (Å²) in [5, 5.41) is 2.53. The molecule has 0 N–H and O–H groups in total. The van der Waals surface area contributed by atoms with Gasteiger partial charge in [0.05, 0.1) is 17.5 Å². The molecule has 10 heteroatoms. The van der Waals surface area contributed by atoms with Gasteiger partial charge in [0.25, 0.3) is 0 Å². The average molecular weight is 554 g/mol. The van der Waals surface area contributed by atoms with Crippen molar-refractivity contribution in [3.8, 4) is 11.3 Å². The van der Waals surface area contributed by atoms with Gasteiger partial charge in [-0.25, -0.2) is 14.2 Å². The molecule has 4 heterocycles. The summed E-state index contributed by atoms with van der Waals surface area (Å²) in [4.78, 5) is 30.0. The highest BCUT2D eigenvalue weighted by Crippen LogP contribution is 2.39. The fourth-order valence-corrected chi connectivity index (χ4v) is 6.07. The van der Waals surface area contributed by atoms with Crippen LogP contribution in [-0.2, 0) is 4.74 Å². The second kappa shape index (κ2) is 9.20. The third kappa shape index (κ3) is 4.29. The molecule has 6 rings (SSSR count). The Morgan fingerprint density at radius 1 is 1.05 bits per heavy atom. The molecule has 0 aliphatic carbocycles. The zero-order valence-corrected chi connectivity index (χ0v) is 22.7. The maximum absolute atomic E-state index is 16.1. The fourth-order valence-electron chi connectivity index (χ4n) is 5.63. The number of carbonyl (C=O) groups is 1. The van der Waals surface area contributed by atoms with E-state index in [0.29, 0.717) is 34.9 Å². The molecule has 2 aromatic carbocycles. The van der Waals surface area contributed by atoms with E-state index in [1.54, 1.807) is 18.3 Å². The number of anilines is 1. The van der Waals surface area contributed by atoms with E-state index in [1.807, 2.05) is 49.9 Å². The van der Waals surface area contributed by atoms with Crippen molar-refractivity contribution in [2.24, 2.45) is 0 Å². The Labute approximate surface area is 229 Å². The molecule has 0 unspecified atom stereocenters. The normalized spacial score (nSPS) is 19.4. The van der Waals surface area contributed by atoms with Crippen molar-refractivity contribution in [3.05, 3.63) is 58.7 Å². The van der Waals surface area contributed by atoms with Crippen LogP contribution in [0.25, 0.3) is 32.9 Å². The van der Waals surface area contributed by atoms with E-state index in [-0.39, 0.29) is 34.7 Å². The zero-order chi connectivity index (χ0) is 26.8. The summed E-state index contributed by atoms with van der Waals surface area (Å²) < 4.78 is 21.7. The molecule has 1 amide bonds. The first-order chi connectivity index (χ1) is 18.1. The van der Waals surface area contributed by atoms with Crippen LogP contribution in [0.5, 0.6) is 0 Å². The molecule has 0 radical (unpaired) electrons. The molecular weight excluding hydrogens is 528 g/mol. The Morgan fingerprint density at radius 2 is 1.74 bits per heavy atom. The number of piperazine rings is 1. The van der Waals surface area contributed by atoms with Gasteiger partial charge >= 0.3 is 6.09 Å². The lowest BCUT2D eigenvalue weighted by Gasteiger charge is -2.42. The van der Waals surface area contributed by atoms with Crippen molar-refractivity contribution in [3.63, 3.8) is 0 Å². The molecule has 7 nitrogen and oxygen atoms in total. The molecule has 2 fully saturated rings. The van der Waals surface area contributed by atoms with E-state index in [2.05, 4.69) is 19.9 Å². The quantitative estimate of drug-likeness (QED) is 0.252. The van der Waals surface area contributed by atoms with Crippen molar-refractivity contribution in [1.29, 1.82) is 0 Å². The van der Waals surface area contributed by atoms with Crippen LogP contribution >= 0.6 is 23.2 Å². The van der Waals surface area contributed by atoms with Gasteiger partial charge in [-0.2, -0.15) is 4.98 Å². The van der Waals surface area contributed by atoms with E-state index in [1.165, 1.54) is 0 Å². The number of hydrogen-bond acceptors (Lipinski definition) is 6. The zero-order valence-electron chi connectivity index (χ0n) is 21.2. The predicted octanol–water partition coefficient (Wildman–Crippen LogP) is 6.88. The van der Waals surface area contributed by atoms with E-state index >= 15 is 4.39 Å². The molecule has 4 aromatic rings. The number of fused-ring (bicyclic) bond motifs is 4. The first-order valence-corrected chi connectivity index (χ1v) is 13.3. The summed E-state index contributed by atoms with van der Waals surface area (Å²) in [6, 6.07) is 11.0. The van der Waals surface area contributed by atoms with Crippen LogP contribution in [0.3, 0.4) is 0 Å². The van der Waals surface area contributed by atoms with Crippen LogP contribution in [0.1, 0.15) is 33.6 Å². The minimum absolute atomic E-state index is 0.0395. The maximum atomic E-state index is 16.1. The third-order valence-corrected chi connectivity index (χ3v) is 7.62. The largest absolute Gasteiger partial charge is 0.444 e. The van der Waals surface area contributed by atoms with Gasteiger partial charge in [-0.3, -0.25) is 9.88 Å². The molecular formula is C28H26Cl2FN5O2. The Morgan fingerprint density at radius 3 is 2.42 bits per heavy atom. The van der Waals surface area contributed by atoms with Gasteiger partial charge in [0.1, 0.15) is 22.6 Å². The van der Waals surface area contributed by atoms with Gasteiger partial charge in [0.2, 0.25) is 5.28 Å². The van der Waals surface area contributed by atoms with Crippen molar-refractivity contribution >= 4 is 56.8 Å². The third-order valence-electron chi connectivity index (χ3n) is 7.13. The Hall–Kier alpha value is -3.23. The number of halogens is 3. The Bertz CT molecular complexity index is 1570. The highest BCUT2D eigenvalue weighted by atomic mass is 35.5. The standard InChI is InChI=1S/C28H26Cl2FN5O2/c1-28(2,3)38-27(37)36-16-10-11-17(36)14-35(13-16)25-19-12-32-23(22(31)24(19)33-26(30)34-25)18-8-4-6-15-7-5-9-20(29)21(15)18/h4-9,12,16-17H,10-11,13-14H2,1-3H3/t16-,17+. The number of aromatic nitrogens is 3. The van der Waals surface area contributed by atoms with Gasteiger partial charge in [-0.15, -0.1) is 0 Å². The Balaban J connectivity index is 1.39. The van der Waals surface area contributed by atoms with Crippen molar-refractivity contribution < 1.29 is 13.9 Å². The SMILES string of the molecule is CC(C)(C)OC(=O)N1[C@@H]2CC[C@H]1CN(c1nc(Cl)nc3c(F)c(-c4cccc5cccc(Cl)c45)ncc13)C2. The summed E-state index contributed by atoms with van der Waals surface area (Å²) in [5.74, 6) is -0.0783. The molecule has 2 saturated heterocycles. The summed E-state index contributed by atoms with van der Waals surface area (Å²) in [6.07, 6.45) is 3.00. The van der Waals surface area contributed by atoms with Crippen LogP contribution in [0, 0.1) is 5.82 Å². The number of amides is 1. The molecule has 38 heavy (non-hydrogen) atoms. The monoisotopic (exact) mass is 553 g/mol. The summed E-state index contributed by atoms with van der Waals surface area (Å²) >= 11 is 12.8. The molecule has 2 bridgehead atoms. The number of hydrogen-bond donors (Lipinski definition) is 0. The number of rotatable bonds is 2. The summed E-state index contributed by atoms with van der Waals surface area (Å²) in [6.45, 7) is 6.64. The first-order valence-electron chi connectivity index (χ1n) is 12.6. The number of carbonyl (C=O) groups excluding carboxylic acids is 1. The molecule has 2 aromatic heterocycles. The fraction of sp³-hybridized carbons (Fsp3) is 0.357. The maximum Gasteiger partial charge on any atom is 0.410 e. The van der Waals surface area contributed by atoms with Crippen LogP contribution in [-0.4, -0.2) is 56.7 Å². The minimum atomic E-state index is -0.587. The number of nitrogens with zero attached hydrogens (tertiary/aromatic N) is 5. The van der Waals surface area contributed by atoms with Crippen LogP contribution < -0.4 is 4.90 Å². The molecule has 0 spiro atoms. The molecule has 2 aliphatic rings. The topological polar surface area (TPSA) is 71.5 Å². The van der Waals surface area contributed by atoms with Gasteiger partial charge in [0.15, 0.2) is 5.82 Å². The highest BCUT2D eigenvalue weighted by Gasteiger charge is 2.45. The average Bonchev–Trinajstić information content (AvgIpc) is 3.13. The second-order valence-corrected chi connectivity index (χ2v) is 11.6. The van der Waals surface area contributed by atoms with Gasteiger partial charge in [-0.05, 0) is 56.7 Å². The van der Waals surface area contributed by atoms with E-state index in [9.17, 15) is 4.79 Å². The summed E-state index contributed by atoms with van der Waals surface area (Å²) in [7, 11) is 0. The van der Waals surface area contributed by atoms with E-state index < -0.39 is 11.4 Å². The van der Waals surface area contributed by atoms with Crippen molar-refractivity contribution in [1.82, 2.24) is 19.9 Å². The molecule has 196 valence electrons. The summed E-state index contributed by atoms with van der Waals surface area (Å²) in [5.41, 5.74) is 0.245. The highest BCUT2D eigenvalue weighted by molar-refractivity contribution is 6.36. The van der Waals surface area contributed by atoms with Crippen LogP contribution in [0.2, 0.25) is 10.3 Å². The number of benzene rings is 2. The first kappa shape index (κ1) is 25.1. The smallest absolute Gasteiger partial charge is 0.410 e.